The summed E-state index contributed by atoms with van der Waals surface area (Å²) in [7, 11) is 1.74. The van der Waals surface area contributed by atoms with E-state index in [-0.39, 0.29) is 17.4 Å². The molecule has 2 N–H and O–H groups in total. The second kappa shape index (κ2) is 6.73. The standard InChI is InChI=1S/C22H22N6O2/c1-27(22(7-8-22)9-10-23)21(30)19-15-13-28(11-6-17(15)25-26-19)20(29)18-12-14-4-2-3-5-16(14)24-18/h2-5,12,24H,6-9,11,13H2,1H3,(H,25,26). The summed E-state index contributed by atoms with van der Waals surface area (Å²) in [5.41, 5.74) is 3.12. The first-order chi connectivity index (χ1) is 14.5. The quantitative estimate of drug-likeness (QED) is 0.699. The van der Waals surface area contributed by atoms with E-state index in [1.165, 1.54) is 0 Å². The van der Waals surface area contributed by atoms with Crippen LogP contribution in [0.4, 0.5) is 0 Å². The Kier molecular flexibility index (Phi) is 4.13. The number of fused-ring (bicyclic) bond motifs is 2. The molecule has 0 saturated heterocycles. The average molecular weight is 402 g/mol. The number of carbonyl (C=O) groups is 2. The van der Waals surface area contributed by atoms with Gasteiger partial charge in [0.05, 0.1) is 24.6 Å². The van der Waals surface area contributed by atoms with Crippen molar-refractivity contribution in [2.24, 2.45) is 0 Å². The highest BCUT2D eigenvalue weighted by molar-refractivity contribution is 5.99. The van der Waals surface area contributed by atoms with Gasteiger partial charge in [-0.25, -0.2) is 0 Å². The first-order valence-corrected chi connectivity index (χ1v) is 10.1. The molecule has 0 atom stereocenters. The number of aromatic nitrogens is 3. The van der Waals surface area contributed by atoms with E-state index in [0.717, 1.165) is 35.0 Å². The third-order valence-corrected chi connectivity index (χ3v) is 6.44. The van der Waals surface area contributed by atoms with E-state index in [4.69, 9.17) is 5.26 Å². The van der Waals surface area contributed by atoms with Gasteiger partial charge in [-0.3, -0.25) is 14.7 Å². The second-order valence-electron chi connectivity index (χ2n) is 8.20. The molecule has 0 radical (unpaired) electrons. The van der Waals surface area contributed by atoms with Crippen LogP contribution < -0.4 is 0 Å². The minimum absolute atomic E-state index is 0.0899. The van der Waals surface area contributed by atoms with E-state index in [2.05, 4.69) is 21.3 Å². The van der Waals surface area contributed by atoms with Gasteiger partial charge in [-0.1, -0.05) is 18.2 Å². The third-order valence-electron chi connectivity index (χ3n) is 6.44. The van der Waals surface area contributed by atoms with Gasteiger partial charge < -0.3 is 14.8 Å². The number of H-pyrrole nitrogens is 2. The molecule has 0 spiro atoms. The molecule has 8 nitrogen and oxygen atoms in total. The van der Waals surface area contributed by atoms with E-state index >= 15 is 0 Å². The Morgan fingerprint density at radius 3 is 2.87 bits per heavy atom. The predicted octanol–water partition coefficient (Wildman–Crippen LogP) is 2.61. The van der Waals surface area contributed by atoms with Crippen LogP contribution in [-0.4, -0.2) is 55.9 Å². The molecule has 1 saturated carbocycles. The highest BCUT2D eigenvalue weighted by atomic mass is 16.2. The molecule has 0 unspecified atom stereocenters. The summed E-state index contributed by atoms with van der Waals surface area (Å²) in [6, 6.07) is 11.8. The number of para-hydroxylation sites is 1. The fourth-order valence-electron chi connectivity index (χ4n) is 4.30. The Morgan fingerprint density at radius 1 is 1.33 bits per heavy atom. The summed E-state index contributed by atoms with van der Waals surface area (Å²) >= 11 is 0. The number of nitrogens with one attached hydrogen (secondary N) is 2. The molecule has 0 bridgehead atoms. The molecule has 2 amide bonds. The number of nitrogens with zero attached hydrogens (tertiary/aromatic N) is 4. The van der Waals surface area contributed by atoms with Gasteiger partial charge in [-0.2, -0.15) is 10.4 Å². The number of nitriles is 1. The summed E-state index contributed by atoms with van der Waals surface area (Å²) in [5, 5.41) is 17.3. The maximum absolute atomic E-state index is 13.1. The lowest BCUT2D eigenvalue weighted by Crippen LogP contribution is -2.40. The molecule has 1 aliphatic heterocycles. The largest absolute Gasteiger partial charge is 0.351 e. The van der Waals surface area contributed by atoms with Crippen molar-refractivity contribution in [2.45, 2.75) is 37.8 Å². The number of rotatable bonds is 4. The number of benzene rings is 1. The molecule has 5 rings (SSSR count). The van der Waals surface area contributed by atoms with Crippen molar-refractivity contribution in [1.29, 1.82) is 5.26 Å². The summed E-state index contributed by atoms with van der Waals surface area (Å²) in [5.74, 6) is -0.284. The average Bonchev–Trinajstić information content (AvgIpc) is 3.23. The Balaban J connectivity index is 1.39. The van der Waals surface area contributed by atoms with Crippen molar-refractivity contribution in [1.82, 2.24) is 25.0 Å². The summed E-state index contributed by atoms with van der Waals surface area (Å²) in [6.45, 7) is 0.894. The van der Waals surface area contributed by atoms with Crippen molar-refractivity contribution >= 4 is 22.7 Å². The van der Waals surface area contributed by atoms with Crippen LogP contribution in [0.1, 0.15) is 51.5 Å². The first kappa shape index (κ1) is 18.4. The zero-order valence-corrected chi connectivity index (χ0v) is 16.7. The van der Waals surface area contributed by atoms with Crippen LogP contribution in [0.25, 0.3) is 10.9 Å². The number of amides is 2. The highest BCUT2D eigenvalue weighted by Gasteiger charge is 2.49. The molecular formula is C22H22N6O2. The maximum atomic E-state index is 13.1. The van der Waals surface area contributed by atoms with Crippen LogP contribution in [0.15, 0.2) is 30.3 Å². The second-order valence-corrected chi connectivity index (χ2v) is 8.20. The minimum atomic E-state index is -0.369. The molecule has 1 fully saturated rings. The van der Waals surface area contributed by atoms with E-state index in [0.29, 0.717) is 37.3 Å². The minimum Gasteiger partial charge on any atom is -0.351 e. The van der Waals surface area contributed by atoms with Crippen LogP contribution in [0.5, 0.6) is 0 Å². The van der Waals surface area contributed by atoms with Gasteiger partial charge in [-0.15, -0.1) is 0 Å². The molecule has 8 heteroatoms. The van der Waals surface area contributed by atoms with E-state index in [9.17, 15) is 9.59 Å². The fraction of sp³-hybridized carbons (Fsp3) is 0.364. The van der Waals surface area contributed by atoms with Crippen LogP contribution in [0.2, 0.25) is 0 Å². The lowest BCUT2D eigenvalue weighted by molar-refractivity contribution is 0.0686. The van der Waals surface area contributed by atoms with E-state index in [1.54, 1.807) is 16.8 Å². The smallest absolute Gasteiger partial charge is 0.274 e. The van der Waals surface area contributed by atoms with Crippen molar-refractivity contribution in [3.05, 3.63) is 53.0 Å². The third kappa shape index (κ3) is 2.86. The monoisotopic (exact) mass is 402 g/mol. The Labute approximate surface area is 173 Å². The van der Waals surface area contributed by atoms with Crippen LogP contribution >= 0.6 is 0 Å². The molecule has 30 heavy (non-hydrogen) atoms. The molecule has 3 heterocycles. The van der Waals surface area contributed by atoms with Crippen LogP contribution in [-0.2, 0) is 13.0 Å². The van der Waals surface area contributed by atoms with Crippen molar-refractivity contribution < 1.29 is 9.59 Å². The molecule has 2 aromatic heterocycles. The zero-order valence-electron chi connectivity index (χ0n) is 16.7. The van der Waals surface area contributed by atoms with Crippen molar-refractivity contribution in [2.75, 3.05) is 13.6 Å². The first-order valence-electron chi connectivity index (χ1n) is 10.1. The van der Waals surface area contributed by atoms with Gasteiger partial charge in [0, 0.05) is 42.2 Å². The van der Waals surface area contributed by atoms with Crippen LogP contribution in [0, 0.1) is 11.3 Å². The van der Waals surface area contributed by atoms with Crippen molar-refractivity contribution in [3.8, 4) is 6.07 Å². The molecule has 3 aromatic rings. The number of carbonyl (C=O) groups excluding carboxylic acids is 2. The molecule has 2 aliphatic rings. The van der Waals surface area contributed by atoms with Gasteiger partial charge in [0.1, 0.15) is 5.69 Å². The lowest BCUT2D eigenvalue weighted by atomic mass is 10.0. The Hall–Kier alpha value is -3.60. The van der Waals surface area contributed by atoms with Crippen LogP contribution in [0.3, 0.4) is 0 Å². The molecule has 1 aliphatic carbocycles. The number of hydrogen-bond acceptors (Lipinski definition) is 4. The van der Waals surface area contributed by atoms with Gasteiger partial charge in [0.25, 0.3) is 11.8 Å². The van der Waals surface area contributed by atoms with E-state index in [1.807, 2.05) is 30.3 Å². The summed E-state index contributed by atoms with van der Waals surface area (Å²) in [4.78, 5) is 32.8. The van der Waals surface area contributed by atoms with Crippen molar-refractivity contribution in [3.63, 3.8) is 0 Å². The topological polar surface area (TPSA) is 109 Å². The number of hydrogen-bond donors (Lipinski definition) is 2. The highest BCUT2D eigenvalue weighted by Crippen LogP contribution is 2.44. The normalized spacial score (nSPS) is 16.7. The lowest BCUT2D eigenvalue weighted by Gasteiger charge is -2.28. The summed E-state index contributed by atoms with van der Waals surface area (Å²) in [6.07, 6.45) is 2.61. The van der Waals surface area contributed by atoms with Gasteiger partial charge in [0.2, 0.25) is 0 Å². The molecular weight excluding hydrogens is 380 g/mol. The predicted molar refractivity (Wildman–Crippen MR) is 110 cm³/mol. The molecule has 1 aromatic carbocycles. The maximum Gasteiger partial charge on any atom is 0.274 e. The fourth-order valence-corrected chi connectivity index (χ4v) is 4.30. The molecule has 152 valence electrons. The van der Waals surface area contributed by atoms with Gasteiger partial charge >= 0.3 is 0 Å². The SMILES string of the molecule is CN(C(=O)c1n[nH]c2c1CN(C(=O)c1cc3ccccc3[nH]1)CC2)C1(CC#N)CC1. The number of aromatic amines is 2. The zero-order chi connectivity index (χ0) is 20.9. The van der Waals surface area contributed by atoms with Gasteiger partial charge in [0.15, 0.2) is 5.69 Å². The Bertz CT molecular complexity index is 1160. The Morgan fingerprint density at radius 2 is 2.13 bits per heavy atom. The van der Waals surface area contributed by atoms with Gasteiger partial charge in [-0.05, 0) is 25.0 Å². The summed E-state index contributed by atoms with van der Waals surface area (Å²) < 4.78 is 0. The van der Waals surface area contributed by atoms with E-state index < -0.39 is 0 Å².